The second-order valence-corrected chi connectivity index (χ2v) is 10.1. The lowest BCUT2D eigenvalue weighted by Gasteiger charge is -2.50. The Morgan fingerprint density at radius 1 is 1.13 bits per heavy atom. The summed E-state index contributed by atoms with van der Waals surface area (Å²) in [7, 11) is 0. The maximum atomic E-state index is 10.1. The summed E-state index contributed by atoms with van der Waals surface area (Å²) in [6, 6.07) is 6.24. The van der Waals surface area contributed by atoms with E-state index in [9.17, 15) is 15.3 Å². The Bertz CT molecular complexity index is 809. The van der Waals surface area contributed by atoms with Crippen molar-refractivity contribution >= 4 is 0 Å². The molecule has 0 spiro atoms. The third-order valence-corrected chi connectivity index (χ3v) is 8.76. The van der Waals surface area contributed by atoms with Crippen molar-refractivity contribution in [2.45, 2.75) is 76.0 Å². The van der Waals surface area contributed by atoms with Crippen LogP contribution >= 0.6 is 0 Å². The van der Waals surface area contributed by atoms with Gasteiger partial charge in [-0.2, -0.15) is 0 Å². The zero-order chi connectivity index (χ0) is 21.0. The van der Waals surface area contributed by atoms with Crippen LogP contribution in [0.15, 0.2) is 30.9 Å². The number of fused-ring (bicyclic) bond motifs is 5. The minimum absolute atomic E-state index is 0.0521. The normalized spacial score (nSPS) is 45.2. The Balaban J connectivity index is 1.34. The standard InChI is InChI=1S/C25H34O5/c1-3-15-5-9-20-19-7-4-14-12-16(30-24-23(28)22(27)21(26)13-29-24)6-8-17(14)18(19)10-11-25(15,20)2/h3,6,8,12,15,18-24,26-28H,1,4-5,7,9-11,13H2,2H3/t15-,18+,19+,20-,21-,22+,23-,24+,25+/m0/s1. The highest BCUT2D eigenvalue weighted by molar-refractivity contribution is 5.41. The first kappa shape index (κ1) is 20.5. The molecule has 0 aromatic heterocycles. The largest absolute Gasteiger partial charge is 0.462 e. The molecule has 5 nitrogen and oxygen atoms in total. The number of aliphatic hydroxyl groups excluding tert-OH is 3. The molecular weight excluding hydrogens is 380 g/mol. The van der Waals surface area contributed by atoms with E-state index in [0.29, 0.717) is 23.0 Å². The number of benzene rings is 1. The molecule has 5 heteroatoms. The van der Waals surface area contributed by atoms with Crippen LogP contribution in [-0.2, 0) is 11.2 Å². The number of hydrogen-bond acceptors (Lipinski definition) is 5. The number of aliphatic hydroxyl groups is 3. The van der Waals surface area contributed by atoms with Gasteiger partial charge >= 0.3 is 0 Å². The van der Waals surface area contributed by atoms with Crippen molar-refractivity contribution < 1.29 is 24.8 Å². The van der Waals surface area contributed by atoms with Crippen LogP contribution < -0.4 is 4.74 Å². The summed E-state index contributed by atoms with van der Waals surface area (Å²) in [4.78, 5) is 0. The molecule has 4 aliphatic rings. The van der Waals surface area contributed by atoms with E-state index in [-0.39, 0.29) is 6.61 Å². The molecule has 0 unspecified atom stereocenters. The van der Waals surface area contributed by atoms with E-state index in [4.69, 9.17) is 9.47 Å². The lowest BCUT2D eigenvalue weighted by Crippen LogP contribution is -2.54. The number of rotatable bonds is 3. The first-order valence-electron chi connectivity index (χ1n) is 11.5. The zero-order valence-corrected chi connectivity index (χ0v) is 17.7. The molecule has 3 aliphatic carbocycles. The van der Waals surface area contributed by atoms with Gasteiger partial charge in [0.05, 0.1) is 6.61 Å². The number of allylic oxidation sites excluding steroid dienone is 1. The molecule has 2 saturated carbocycles. The van der Waals surface area contributed by atoms with Gasteiger partial charge in [-0.05, 0) is 90.9 Å². The van der Waals surface area contributed by atoms with Crippen LogP contribution in [0.4, 0.5) is 0 Å². The van der Waals surface area contributed by atoms with Crippen molar-refractivity contribution in [1.29, 1.82) is 0 Å². The molecule has 1 heterocycles. The van der Waals surface area contributed by atoms with Crippen LogP contribution in [0.5, 0.6) is 5.75 Å². The second-order valence-electron chi connectivity index (χ2n) is 10.1. The summed E-state index contributed by atoms with van der Waals surface area (Å²) < 4.78 is 11.2. The van der Waals surface area contributed by atoms with Gasteiger partial charge in [0.2, 0.25) is 6.29 Å². The molecule has 0 bridgehead atoms. The Morgan fingerprint density at radius 3 is 2.77 bits per heavy atom. The Kier molecular flexibility index (Phi) is 5.21. The van der Waals surface area contributed by atoms with E-state index in [1.807, 2.05) is 6.07 Å². The highest BCUT2D eigenvalue weighted by Crippen LogP contribution is 2.63. The molecule has 3 fully saturated rings. The van der Waals surface area contributed by atoms with Gasteiger partial charge in [-0.15, -0.1) is 6.58 Å². The Morgan fingerprint density at radius 2 is 1.97 bits per heavy atom. The van der Waals surface area contributed by atoms with Crippen LogP contribution in [0.2, 0.25) is 0 Å². The maximum absolute atomic E-state index is 10.1. The topological polar surface area (TPSA) is 79.2 Å². The predicted molar refractivity (Wildman–Crippen MR) is 113 cm³/mol. The fourth-order valence-electron chi connectivity index (χ4n) is 7.08. The quantitative estimate of drug-likeness (QED) is 0.662. The smallest absolute Gasteiger partial charge is 0.228 e. The van der Waals surface area contributed by atoms with E-state index < -0.39 is 24.6 Å². The molecule has 5 rings (SSSR count). The molecule has 1 aliphatic heterocycles. The number of hydrogen-bond donors (Lipinski definition) is 3. The molecule has 0 radical (unpaired) electrons. The second kappa shape index (κ2) is 7.63. The monoisotopic (exact) mass is 414 g/mol. The van der Waals surface area contributed by atoms with E-state index in [0.717, 1.165) is 18.3 Å². The molecule has 9 atom stereocenters. The summed E-state index contributed by atoms with van der Waals surface area (Å²) in [6.45, 7) is 6.57. The minimum atomic E-state index is -1.27. The summed E-state index contributed by atoms with van der Waals surface area (Å²) >= 11 is 0. The van der Waals surface area contributed by atoms with Gasteiger partial charge in [-0.25, -0.2) is 0 Å². The van der Waals surface area contributed by atoms with Crippen molar-refractivity contribution in [2.75, 3.05) is 6.61 Å². The summed E-state index contributed by atoms with van der Waals surface area (Å²) in [6.07, 6.45) is 5.02. The van der Waals surface area contributed by atoms with Crippen molar-refractivity contribution in [3.63, 3.8) is 0 Å². The first-order valence-corrected chi connectivity index (χ1v) is 11.5. The van der Waals surface area contributed by atoms with E-state index in [2.05, 4.69) is 31.7 Å². The van der Waals surface area contributed by atoms with Gasteiger partial charge in [0.15, 0.2) is 0 Å². The van der Waals surface area contributed by atoms with Crippen LogP contribution in [0.3, 0.4) is 0 Å². The molecule has 164 valence electrons. The van der Waals surface area contributed by atoms with E-state index in [1.54, 1.807) is 0 Å². The Labute approximate surface area is 178 Å². The van der Waals surface area contributed by atoms with Crippen LogP contribution in [0.25, 0.3) is 0 Å². The zero-order valence-electron chi connectivity index (χ0n) is 17.7. The van der Waals surface area contributed by atoms with Crippen molar-refractivity contribution in [2.24, 2.45) is 23.2 Å². The van der Waals surface area contributed by atoms with Crippen LogP contribution in [0.1, 0.15) is 56.1 Å². The fraction of sp³-hybridized carbons (Fsp3) is 0.680. The maximum Gasteiger partial charge on any atom is 0.228 e. The molecule has 3 N–H and O–H groups in total. The molecular formula is C25H34O5. The van der Waals surface area contributed by atoms with Gasteiger partial charge in [0.1, 0.15) is 24.1 Å². The van der Waals surface area contributed by atoms with E-state index in [1.165, 1.54) is 43.2 Å². The predicted octanol–water partition coefficient (Wildman–Crippen LogP) is 3.16. The molecule has 0 amide bonds. The minimum Gasteiger partial charge on any atom is -0.462 e. The lowest BCUT2D eigenvalue weighted by molar-refractivity contribution is -0.242. The van der Waals surface area contributed by atoms with Crippen molar-refractivity contribution in [1.82, 2.24) is 0 Å². The van der Waals surface area contributed by atoms with Gasteiger partial charge in [-0.3, -0.25) is 0 Å². The van der Waals surface area contributed by atoms with Gasteiger partial charge in [0.25, 0.3) is 0 Å². The molecule has 30 heavy (non-hydrogen) atoms. The third kappa shape index (κ3) is 3.13. The van der Waals surface area contributed by atoms with E-state index >= 15 is 0 Å². The lowest BCUT2D eigenvalue weighted by atomic mass is 9.54. The molecule has 1 saturated heterocycles. The first-order chi connectivity index (χ1) is 14.4. The highest BCUT2D eigenvalue weighted by Gasteiger charge is 2.53. The molecule has 1 aromatic rings. The summed E-state index contributed by atoms with van der Waals surface area (Å²) in [5.74, 6) is 3.48. The van der Waals surface area contributed by atoms with Gasteiger partial charge in [-0.1, -0.05) is 19.1 Å². The van der Waals surface area contributed by atoms with Crippen LogP contribution in [-0.4, -0.2) is 46.5 Å². The summed E-state index contributed by atoms with van der Waals surface area (Å²) in [5.41, 5.74) is 3.22. The SMILES string of the molecule is C=C[C@H]1CC[C@H]2[C@@H]3CCc4cc(O[C@H]5OC[C@H](O)[C@@H](O)[C@@H]5O)ccc4[C@H]3CC[C@]12C. The average molecular weight is 415 g/mol. The number of aryl methyl sites for hydroxylation is 1. The average Bonchev–Trinajstić information content (AvgIpc) is 3.10. The Hall–Kier alpha value is -1.40. The van der Waals surface area contributed by atoms with Gasteiger partial charge < -0.3 is 24.8 Å². The third-order valence-electron chi connectivity index (χ3n) is 8.76. The van der Waals surface area contributed by atoms with Crippen molar-refractivity contribution in [3.8, 4) is 5.75 Å². The van der Waals surface area contributed by atoms with Gasteiger partial charge in [0, 0.05) is 0 Å². The molecule has 1 aromatic carbocycles. The number of ether oxygens (including phenoxy) is 2. The van der Waals surface area contributed by atoms with Crippen molar-refractivity contribution in [3.05, 3.63) is 42.0 Å². The van der Waals surface area contributed by atoms with Crippen LogP contribution in [0, 0.1) is 23.2 Å². The summed E-state index contributed by atoms with van der Waals surface area (Å²) in [5, 5.41) is 29.6. The highest BCUT2D eigenvalue weighted by atomic mass is 16.7. The fourth-order valence-corrected chi connectivity index (χ4v) is 7.08.